The van der Waals surface area contributed by atoms with Crippen molar-refractivity contribution < 1.29 is 17.9 Å². The van der Waals surface area contributed by atoms with Crippen molar-refractivity contribution in [2.75, 3.05) is 33.5 Å². The average molecular weight is 305 g/mol. The minimum atomic E-state index is -3.45. The molecule has 0 aromatic carbocycles. The molecule has 1 aromatic rings. The summed E-state index contributed by atoms with van der Waals surface area (Å²) < 4.78 is 36.5. The van der Waals surface area contributed by atoms with Crippen LogP contribution in [0.2, 0.25) is 0 Å². The summed E-state index contributed by atoms with van der Waals surface area (Å²) in [7, 11) is -1.83. The number of rotatable bonds is 11. The normalized spacial score (nSPS) is 11.9. The molecule has 0 aliphatic carbocycles. The molecule has 0 unspecified atom stereocenters. The standard InChI is InChI=1S/C12H23N3O4S/c1-18-6-7-19-5-3-2-4-15-20(16,17)12-8-11(9-13)14-10-12/h8,10,14-15H,2-7,9,13H2,1H3. The highest BCUT2D eigenvalue weighted by Crippen LogP contribution is 2.10. The molecule has 1 aromatic heterocycles. The zero-order chi connectivity index (χ0) is 14.8. The highest BCUT2D eigenvalue weighted by molar-refractivity contribution is 7.89. The summed E-state index contributed by atoms with van der Waals surface area (Å²) in [6.45, 7) is 2.41. The van der Waals surface area contributed by atoms with E-state index in [1.165, 1.54) is 12.3 Å². The van der Waals surface area contributed by atoms with Crippen molar-refractivity contribution in [1.82, 2.24) is 9.71 Å². The molecular formula is C12H23N3O4S. The first-order valence-corrected chi connectivity index (χ1v) is 8.02. The summed E-state index contributed by atoms with van der Waals surface area (Å²) in [5, 5.41) is 0. The van der Waals surface area contributed by atoms with Crippen molar-refractivity contribution in [3.05, 3.63) is 18.0 Å². The number of nitrogens with one attached hydrogen (secondary N) is 2. The minimum Gasteiger partial charge on any atom is -0.382 e. The van der Waals surface area contributed by atoms with Gasteiger partial charge < -0.3 is 20.2 Å². The number of aromatic nitrogens is 1. The molecule has 116 valence electrons. The summed E-state index contributed by atoms with van der Waals surface area (Å²) in [4.78, 5) is 3.03. The Balaban J connectivity index is 2.20. The second-order valence-corrected chi connectivity index (χ2v) is 6.04. The van der Waals surface area contributed by atoms with E-state index in [-0.39, 0.29) is 11.4 Å². The molecule has 7 nitrogen and oxygen atoms in total. The molecule has 0 bridgehead atoms. The van der Waals surface area contributed by atoms with Gasteiger partial charge in [0.15, 0.2) is 0 Å². The number of aromatic amines is 1. The van der Waals surface area contributed by atoms with E-state index in [1.807, 2.05) is 0 Å². The van der Waals surface area contributed by atoms with Crippen LogP contribution in [-0.4, -0.2) is 46.9 Å². The molecule has 20 heavy (non-hydrogen) atoms. The van der Waals surface area contributed by atoms with Crippen LogP contribution in [0.25, 0.3) is 0 Å². The Morgan fingerprint density at radius 3 is 2.75 bits per heavy atom. The van der Waals surface area contributed by atoms with Crippen LogP contribution in [0.3, 0.4) is 0 Å². The van der Waals surface area contributed by atoms with Gasteiger partial charge in [0.1, 0.15) is 0 Å². The Labute approximate surface area is 119 Å². The van der Waals surface area contributed by atoms with Crippen LogP contribution in [0.4, 0.5) is 0 Å². The molecule has 1 heterocycles. The first-order valence-electron chi connectivity index (χ1n) is 6.54. The fourth-order valence-electron chi connectivity index (χ4n) is 1.56. The van der Waals surface area contributed by atoms with Gasteiger partial charge in [0.05, 0.1) is 18.1 Å². The van der Waals surface area contributed by atoms with E-state index in [0.29, 0.717) is 32.1 Å². The lowest BCUT2D eigenvalue weighted by atomic mass is 10.3. The zero-order valence-electron chi connectivity index (χ0n) is 11.7. The number of unbranched alkanes of at least 4 members (excludes halogenated alkanes) is 1. The van der Waals surface area contributed by atoms with Crippen LogP contribution in [0, 0.1) is 0 Å². The molecule has 0 atom stereocenters. The summed E-state index contributed by atoms with van der Waals surface area (Å²) >= 11 is 0. The maximum absolute atomic E-state index is 11.9. The molecule has 0 aliphatic heterocycles. The lowest BCUT2D eigenvalue weighted by Gasteiger charge is -2.05. The highest BCUT2D eigenvalue weighted by atomic mass is 32.2. The van der Waals surface area contributed by atoms with Crippen LogP contribution < -0.4 is 10.5 Å². The number of nitrogens with two attached hydrogens (primary N) is 1. The van der Waals surface area contributed by atoms with E-state index >= 15 is 0 Å². The Kier molecular flexibility index (Phi) is 7.78. The first kappa shape index (κ1) is 17.1. The van der Waals surface area contributed by atoms with Gasteiger partial charge in [0.2, 0.25) is 10.0 Å². The zero-order valence-corrected chi connectivity index (χ0v) is 12.5. The molecular weight excluding hydrogens is 282 g/mol. The minimum absolute atomic E-state index is 0.217. The lowest BCUT2D eigenvalue weighted by Crippen LogP contribution is -2.24. The van der Waals surface area contributed by atoms with Gasteiger partial charge in [-0.05, 0) is 18.9 Å². The molecule has 0 radical (unpaired) electrons. The van der Waals surface area contributed by atoms with Crippen LogP contribution >= 0.6 is 0 Å². The number of ether oxygens (including phenoxy) is 2. The molecule has 0 saturated heterocycles. The van der Waals surface area contributed by atoms with Crippen LogP contribution in [0.1, 0.15) is 18.5 Å². The van der Waals surface area contributed by atoms with E-state index in [2.05, 4.69) is 9.71 Å². The van der Waals surface area contributed by atoms with Crippen molar-refractivity contribution in [2.24, 2.45) is 5.73 Å². The number of hydrogen-bond donors (Lipinski definition) is 3. The summed E-state index contributed by atoms with van der Waals surface area (Å²) in [5.41, 5.74) is 6.12. The second-order valence-electron chi connectivity index (χ2n) is 4.27. The van der Waals surface area contributed by atoms with Crippen LogP contribution in [0.5, 0.6) is 0 Å². The number of hydrogen-bond acceptors (Lipinski definition) is 5. The summed E-state index contributed by atoms with van der Waals surface area (Å²) in [5.74, 6) is 0. The van der Waals surface area contributed by atoms with Crippen molar-refractivity contribution in [1.29, 1.82) is 0 Å². The monoisotopic (exact) mass is 305 g/mol. The molecule has 0 spiro atoms. The predicted molar refractivity (Wildman–Crippen MR) is 75.8 cm³/mol. The van der Waals surface area contributed by atoms with Gasteiger partial charge in [0.25, 0.3) is 0 Å². The lowest BCUT2D eigenvalue weighted by molar-refractivity contribution is 0.0689. The van der Waals surface area contributed by atoms with Crippen LogP contribution in [-0.2, 0) is 26.0 Å². The highest BCUT2D eigenvalue weighted by Gasteiger charge is 2.14. The van der Waals surface area contributed by atoms with Gasteiger partial charge in [-0.15, -0.1) is 0 Å². The van der Waals surface area contributed by atoms with Crippen molar-refractivity contribution in [3.8, 4) is 0 Å². The second kappa shape index (κ2) is 9.09. The molecule has 0 fully saturated rings. The maximum atomic E-state index is 11.9. The largest absolute Gasteiger partial charge is 0.382 e. The van der Waals surface area contributed by atoms with E-state index in [4.69, 9.17) is 15.2 Å². The van der Waals surface area contributed by atoms with E-state index in [1.54, 1.807) is 7.11 Å². The molecule has 1 rings (SSSR count). The molecule has 0 saturated carbocycles. The Bertz CT molecular complexity index is 473. The number of sulfonamides is 1. The molecule has 8 heteroatoms. The molecule has 4 N–H and O–H groups in total. The van der Waals surface area contributed by atoms with Gasteiger partial charge >= 0.3 is 0 Å². The van der Waals surface area contributed by atoms with Gasteiger partial charge in [-0.1, -0.05) is 0 Å². The predicted octanol–water partition coefficient (Wildman–Crippen LogP) is 0.195. The van der Waals surface area contributed by atoms with Crippen molar-refractivity contribution in [3.63, 3.8) is 0 Å². The average Bonchev–Trinajstić information content (AvgIpc) is 2.91. The fraction of sp³-hybridized carbons (Fsp3) is 0.667. The van der Waals surface area contributed by atoms with Gasteiger partial charge in [-0.3, -0.25) is 0 Å². The maximum Gasteiger partial charge on any atom is 0.242 e. The van der Waals surface area contributed by atoms with Crippen LogP contribution in [0.15, 0.2) is 17.2 Å². The summed E-state index contributed by atoms with van der Waals surface area (Å²) in [6.07, 6.45) is 2.96. The molecule has 0 aliphatic rings. The Morgan fingerprint density at radius 1 is 1.30 bits per heavy atom. The Morgan fingerprint density at radius 2 is 2.10 bits per heavy atom. The third-order valence-electron chi connectivity index (χ3n) is 2.69. The third-order valence-corrected chi connectivity index (χ3v) is 4.13. The Hall–Kier alpha value is -0.930. The van der Waals surface area contributed by atoms with E-state index in [9.17, 15) is 8.42 Å². The van der Waals surface area contributed by atoms with E-state index in [0.717, 1.165) is 12.8 Å². The van der Waals surface area contributed by atoms with Crippen molar-refractivity contribution >= 4 is 10.0 Å². The fourth-order valence-corrected chi connectivity index (χ4v) is 2.65. The van der Waals surface area contributed by atoms with Gasteiger partial charge in [-0.25, -0.2) is 13.1 Å². The smallest absolute Gasteiger partial charge is 0.242 e. The summed E-state index contributed by atoms with van der Waals surface area (Å²) in [6, 6.07) is 1.54. The quantitative estimate of drug-likeness (QED) is 0.506. The van der Waals surface area contributed by atoms with Gasteiger partial charge in [-0.2, -0.15) is 0 Å². The first-order chi connectivity index (χ1) is 9.60. The third kappa shape index (κ3) is 6.02. The van der Waals surface area contributed by atoms with Crippen molar-refractivity contribution in [2.45, 2.75) is 24.3 Å². The topological polar surface area (TPSA) is 106 Å². The number of methoxy groups -OCH3 is 1. The molecule has 0 amide bonds. The SMILES string of the molecule is COCCOCCCCNS(=O)(=O)c1c[nH]c(CN)c1. The number of H-pyrrole nitrogens is 1. The van der Waals surface area contributed by atoms with Gasteiger partial charge in [0, 0.05) is 38.7 Å². The van der Waals surface area contributed by atoms with E-state index < -0.39 is 10.0 Å².